The van der Waals surface area contributed by atoms with Crippen molar-refractivity contribution in [3.8, 4) is 6.07 Å². The van der Waals surface area contributed by atoms with E-state index in [0.717, 1.165) is 11.3 Å². The van der Waals surface area contributed by atoms with Crippen LogP contribution in [-0.2, 0) is 0 Å². The van der Waals surface area contributed by atoms with Crippen molar-refractivity contribution < 1.29 is 0 Å². The van der Waals surface area contributed by atoms with Gasteiger partial charge in [-0.3, -0.25) is 0 Å². The predicted octanol–water partition coefficient (Wildman–Crippen LogP) is 4.05. The van der Waals surface area contributed by atoms with Crippen LogP contribution in [0.25, 0.3) is 0 Å². The van der Waals surface area contributed by atoms with Gasteiger partial charge in [-0.2, -0.15) is 5.26 Å². The highest BCUT2D eigenvalue weighted by Crippen LogP contribution is 2.24. The lowest BCUT2D eigenvalue weighted by Crippen LogP contribution is -2.11. The van der Waals surface area contributed by atoms with E-state index in [1.165, 1.54) is 11.1 Å². The van der Waals surface area contributed by atoms with Gasteiger partial charge in [-0.1, -0.05) is 24.3 Å². The number of nitrogens with one attached hydrogen (secondary N) is 1. The Balaban J connectivity index is 2.36. The van der Waals surface area contributed by atoms with Crippen molar-refractivity contribution in [2.24, 2.45) is 0 Å². The maximum absolute atomic E-state index is 9.30. The molecule has 20 heavy (non-hydrogen) atoms. The second kappa shape index (κ2) is 5.75. The SMILES string of the molecule is Cc1cc(C)c(C#N)c(NC(C)c2ccccc2C)n1. The number of pyridine rings is 1. The number of nitrogens with zero attached hydrogens (tertiary/aromatic N) is 2. The molecule has 3 nitrogen and oxygen atoms in total. The summed E-state index contributed by atoms with van der Waals surface area (Å²) in [5.74, 6) is 0.667. The lowest BCUT2D eigenvalue weighted by molar-refractivity contribution is 0.861. The average molecular weight is 265 g/mol. The molecule has 0 bridgehead atoms. The van der Waals surface area contributed by atoms with Gasteiger partial charge in [-0.05, 0) is 50.5 Å². The Morgan fingerprint density at radius 2 is 1.85 bits per heavy atom. The minimum absolute atomic E-state index is 0.108. The lowest BCUT2D eigenvalue weighted by Gasteiger charge is -2.18. The van der Waals surface area contributed by atoms with Crippen LogP contribution in [0.15, 0.2) is 30.3 Å². The molecule has 2 aromatic rings. The summed E-state index contributed by atoms with van der Waals surface area (Å²) in [6.07, 6.45) is 0. The van der Waals surface area contributed by atoms with Gasteiger partial charge in [0.2, 0.25) is 0 Å². The molecule has 0 aliphatic rings. The Morgan fingerprint density at radius 1 is 1.15 bits per heavy atom. The van der Waals surface area contributed by atoms with E-state index in [2.05, 4.69) is 42.4 Å². The van der Waals surface area contributed by atoms with E-state index in [1.54, 1.807) is 0 Å². The highest BCUT2D eigenvalue weighted by molar-refractivity contribution is 5.57. The molecule has 0 aliphatic carbocycles. The Hall–Kier alpha value is -2.34. The molecular weight excluding hydrogens is 246 g/mol. The van der Waals surface area contributed by atoms with Gasteiger partial charge in [-0.15, -0.1) is 0 Å². The third kappa shape index (κ3) is 2.80. The summed E-state index contributed by atoms with van der Waals surface area (Å²) in [5, 5.41) is 12.7. The zero-order chi connectivity index (χ0) is 14.7. The topological polar surface area (TPSA) is 48.7 Å². The first kappa shape index (κ1) is 14.1. The lowest BCUT2D eigenvalue weighted by atomic mass is 10.0. The Morgan fingerprint density at radius 3 is 2.50 bits per heavy atom. The van der Waals surface area contributed by atoms with Gasteiger partial charge in [0.05, 0.1) is 11.6 Å². The monoisotopic (exact) mass is 265 g/mol. The Kier molecular flexibility index (Phi) is 4.05. The van der Waals surface area contributed by atoms with Crippen LogP contribution in [0.4, 0.5) is 5.82 Å². The molecule has 1 unspecified atom stereocenters. The van der Waals surface area contributed by atoms with Gasteiger partial charge in [0.15, 0.2) is 0 Å². The summed E-state index contributed by atoms with van der Waals surface area (Å²) >= 11 is 0. The van der Waals surface area contributed by atoms with Crippen LogP contribution >= 0.6 is 0 Å². The molecule has 2 rings (SSSR count). The number of hydrogen-bond donors (Lipinski definition) is 1. The summed E-state index contributed by atoms with van der Waals surface area (Å²) in [6.45, 7) is 8.06. The number of aromatic nitrogens is 1. The predicted molar refractivity (Wildman–Crippen MR) is 81.6 cm³/mol. The second-order valence-electron chi connectivity index (χ2n) is 5.14. The van der Waals surface area contributed by atoms with Gasteiger partial charge in [0, 0.05) is 5.69 Å². The van der Waals surface area contributed by atoms with Crippen molar-refractivity contribution in [1.82, 2.24) is 4.98 Å². The van der Waals surface area contributed by atoms with Crippen molar-refractivity contribution in [3.63, 3.8) is 0 Å². The molecule has 102 valence electrons. The van der Waals surface area contributed by atoms with E-state index in [9.17, 15) is 5.26 Å². The number of rotatable bonds is 3. The van der Waals surface area contributed by atoms with Crippen LogP contribution in [0.2, 0.25) is 0 Å². The van der Waals surface area contributed by atoms with Crippen molar-refractivity contribution in [2.45, 2.75) is 33.7 Å². The molecule has 1 N–H and O–H groups in total. The maximum atomic E-state index is 9.30. The molecule has 0 saturated heterocycles. The third-order valence-corrected chi connectivity index (χ3v) is 3.46. The summed E-state index contributed by atoms with van der Waals surface area (Å²) in [7, 11) is 0. The fourth-order valence-electron chi connectivity index (χ4n) is 2.44. The first-order chi connectivity index (χ1) is 9.52. The van der Waals surface area contributed by atoms with Crippen molar-refractivity contribution in [2.75, 3.05) is 5.32 Å². The number of benzene rings is 1. The molecule has 0 saturated carbocycles. The molecule has 1 aromatic carbocycles. The van der Waals surface area contributed by atoms with Crippen LogP contribution in [0.3, 0.4) is 0 Å². The Labute approximate surface area is 120 Å². The molecule has 1 atom stereocenters. The molecule has 0 amide bonds. The standard InChI is InChI=1S/C17H19N3/c1-11-7-5-6-8-15(11)14(4)20-17-16(10-18)12(2)9-13(3)19-17/h5-9,14H,1-4H3,(H,19,20). The number of nitriles is 1. The van der Waals surface area contributed by atoms with Crippen molar-refractivity contribution in [3.05, 3.63) is 58.3 Å². The zero-order valence-corrected chi connectivity index (χ0v) is 12.4. The molecule has 1 heterocycles. The van der Waals surface area contributed by atoms with Crippen LogP contribution in [0.5, 0.6) is 0 Å². The van der Waals surface area contributed by atoms with Crippen LogP contribution in [0, 0.1) is 32.1 Å². The van der Waals surface area contributed by atoms with E-state index in [-0.39, 0.29) is 6.04 Å². The first-order valence-electron chi connectivity index (χ1n) is 6.73. The molecular formula is C17H19N3. The van der Waals surface area contributed by atoms with Gasteiger partial charge in [0.25, 0.3) is 0 Å². The van der Waals surface area contributed by atoms with E-state index in [4.69, 9.17) is 0 Å². The highest BCUT2D eigenvalue weighted by atomic mass is 15.0. The van der Waals surface area contributed by atoms with Crippen LogP contribution in [0.1, 0.15) is 40.9 Å². The Bertz CT molecular complexity index is 668. The van der Waals surface area contributed by atoms with Crippen molar-refractivity contribution >= 4 is 5.82 Å². The zero-order valence-electron chi connectivity index (χ0n) is 12.4. The van der Waals surface area contributed by atoms with E-state index in [0.29, 0.717) is 11.4 Å². The van der Waals surface area contributed by atoms with Crippen molar-refractivity contribution in [1.29, 1.82) is 5.26 Å². The largest absolute Gasteiger partial charge is 0.362 e. The van der Waals surface area contributed by atoms with Gasteiger partial charge < -0.3 is 5.32 Å². The summed E-state index contributed by atoms with van der Waals surface area (Å²) in [6, 6.07) is 12.5. The molecule has 1 aromatic heterocycles. The van der Waals surface area contributed by atoms with Crippen LogP contribution < -0.4 is 5.32 Å². The first-order valence-corrected chi connectivity index (χ1v) is 6.73. The van der Waals surface area contributed by atoms with Gasteiger partial charge >= 0.3 is 0 Å². The fourth-order valence-corrected chi connectivity index (χ4v) is 2.44. The van der Waals surface area contributed by atoms with E-state index < -0.39 is 0 Å². The van der Waals surface area contributed by atoms with E-state index in [1.807, 2.05) is 32.0 Å². The second-order valence-corrected chi connectivity index (χ2v) is 5.14. The minimum Gasteiger partial charge on any atom is -0.362 e. The average Bonchev–Trinajstić information content (AvgIpc) is 2.38. The molecule has 0 fully saturated rings. The number of aryl methyl sites for hydroxylation is 3. The minimum atomic E-state index is 0.108. The number of hydrogen-bond acceptors (Lipinski definition) is 3. The van der Waals surface area contributed by atoms with Gasteiger partial charge in [-0.25, -0.2) is 4.98 Å². The maximum Gasteiger partial charge on any atom is 0.144 e. The normalized spacial score (nSPS) is 11.8. The summed E-state index contributed by atoms with van der Waals surface area (Å²) < 4.78 is 0. The third-order valence-electron chi connectivity index (χ3n) is 3.46. The number of anilines is 1. The fraction of sp³-hybridized carbons (Fsp3) is 0.294. The molecule has 0 radical (unpaired) electrons. The molecule has 0 spiro atoms. The quantitative estimate of drug-likeness (QED) is 0.910. The summed E-state index contributed by atoms with van der Waals surface area (Å²) in [5.41, 5.74) is 4.95. The smallest absolute Gasteiger partial charge is 0.144 e. The summed E-state index contributed by atoms with van der Waals surface area (Å²) in [4.78, 5) is 4.47. The molecule has 3 heteroatoms. The van der Waals surface area contributed by atoms with Crippen LogP contribution in [-0.4, -0.2) is 4.98 Å². The molecule has 0 aliphatic heterocycles. The highest BCUT2D eigenvalue weighted by Gasteiger charge is 2.13. The van der Waals surface area contributed by atoms with Gasteiger partial charge in [0.1, 0.15) is 11.9 Å². The van der Waals surface area contributed by atoms with E-state index >= 15 is 0 Å².